The Hall–Kier alpha value is -2.46. The van der Waals surface area contributed by atoms with Crippen molar-refractivity contribution in [2.24, 2.45) is 0 Å². The molecule has 152 valence electrons. The quantitative estimate of drug-likeness (QED) is 0.495. The molecule has 0 aliphatic rings. The molecule has 0 unspecified atom stereocenters. The number of carbonyl (C=O) groups is 2. The minimum absolute atomic E-state index is 0.0475. The maximum atomic E-state index is 12.8. The van der Waals surface area contributed by atoms with Crippen molar-refractivity contribution in [3.8, 4) is 0 Å². The Balaban J connectivity index is 1.64. The molecular weight excluding hydrogens is 466 g/mol. The van der Waals surface area contributed by atoms with Crippen LogP contribution in [0.1, 0.15) is 5.56 Å². The molecule has 2 N–H and O–H groups in total. The molecule has 0 fully saturated rings. The number of para-hydroxylation sites is 2. The summed E-state index contributed by atoms with van der Waals surface area (Å²) < 4.78 is 28.0. The van der Waals surface area contributed by atoms with Gasteiger partial charge in [0.25, 0.3) is 5.76 Å². The minimum Gasteiger partial charge on any atom is -0.345 e. The first-order valence-electron chi connectivity index (χ1n) is 8.56. The number of benzene rings is 2. The highest BCUT2D eigenvalue weighted by atomic mass is 79.9. The Kier molecular flexibility index (Phi) is 6.86. The van der Waals surface area contributed by atoms with Crippen LogP contribution in [0.4, 0.5) is 14.5 Å². The number of alkyl halides is 2. The molecule has 0 bridgehead atoms. The third-order valence-electron chi connectivity index (χ3n) is 4.02. The van der Waals surface area contributed by atoms with E-state index in [0.29, 0.717) is 16.7 Å². The summed E-state index contributed by atoms with van der Waals surface area (Å²) in [6.07, 6.45) is 0. The summed E-state index contributed by atoms with van der Waals surface area (Å²) in [5.74, 6) is -3.53. The van der Waals surface area contributed by atoms with Crippen molar-refractivity contribution in [3.63, 3.8) is 0 Å². The molecule has 1 heterocycles. The zero-order chi connectivity index (χ0) is 21.0. The van der Waals surface area contributed by atoms with E-state index >= 15 is 0 Å². The van der Waals surface area contributed by atoms with Gasteiger partial charge >= 0.3 is 0 Å². The van der Waals surface area contributed by atoms with Gasteiger partial charge in [0.05, 0.1) is 17.6 Å². The highest BCUT2D eigenvalue weighted by molar-refractivity contribution is 9.10. The molecule has 0 atom stereocenters. The van der Waals surface area contributed by atoms with E-state index in [2.05, 4.69) is 31.5 Å². The molecule has 6 nitrogen and oxygen atoms in total. The number of nitrogens with one attached hydrogen (secondary N) is 2. The number of rotatable bonds is 7. The first-order chi connectivity index (χ1) is 13.8. The molecule has 0 spiro atoms. The van der Waals surface area contributed by atoms with Gasteiger partial charge < -0.3 is 15.2 Å². The summed E-state index contributed by atoms with van der Waals surface area (Å²) in [4.78, 5) is 28.6. The van der Waals surface area contributed by atoms with Crippen molar-refractivity contribution in [1.82, 2.24) is 14.9 Å². The summed E-state index contributed by atoms with van der Waals surface area (Å²) in [5.41, 5.74) is 2.61. The number of imidazole rings is 1. The number of amides is 2. The van der Waals surface area contributed by atoms with E-state index in [1.165, 1.54) is 4.57 Å². The number of fused-ring (bicyclic) bond motifs is 1. The zero-order valence-electron chi connectivity index (χ0n) is 15.3. The van der Waals surface area contributed by atoms with Gasteiger partial charge in [0.2, 0.25) is 11.8 Å². The van der Waals surface area contributed by atoms with Gasteiger partial charge in [-0.25, -0.2) is 4.98 Å². The summed E-state index contributed by atoms with van der Waals surface area (Å²) in [7, 11) is 0. The maximum absolute atomic E-state index is 12.8. The lowest BCUT2D eigenvalue weighted by molar-refractivity contribution is -0.124. The van der Waals surface area contributed by atoms with Crippen LogP contribution < -0.4 is 10.6 Å². The molecule has 3 aromatic rings. The van der Waals surface area contributed by atoms with Crippen LogP contribution in [0.25, 0.3) is 11.0 Å². The van der Waals surface area contributed by atoms with E-state index in [1.807, 2.05) is 13.0 Å². The van der Waals surface area contributed by atoms with Crippen molar-refractivity contribution in [1.29, 1.82) is 0 Å². The third-order valence-corrected chi connectivity index (χ3v) is 5.22. The van der Waals surface area contributed by atoms with Gasteiger partial charge in [-0.2, -0.15) is 8.78 Å². The van der Waals surface area contributed by atoms with Gasteiger partial charge in [-0.1, -0.05) is 28.1 Å². The van der Waals surface area contributed by atoms with Crippen LogP contribution in [-0.2, 0) is 16.1 Å². The van der Waals surface area contributed by atoms with Crippen LogP contribution in [0.5, 0.6) is 0 Å². The number of halogens is 3. The second kappa shape index (κ2) is 9.36. The van der Waals surface area contributed by atoms with E-state index < -0.39 is 11.7 Å². The lowest BCUT2D eigenvalue weighted by Crippen LogP contribution is -2.35. The minimum atomic E-state index is -2.66. The lowest BCUT2D eigenvalue weighted by atomic mass is 10.2. The van der Waals surface area contributed by atoms with Crippen LogP contribution in [-0.4, -0.2) is 33.7 Å². The number of aryl methyl sites for hydroxylation is 1. The molecule has 3 rings (SSSR count). The molecular formula is C19H17BrF2N4O2S. The van der Waals surface area contributed by atoms with E-state index in [-0.39, 0.29) is 35.9 Å². The van der Waals surface area contributed by atoms with Gasteiger partial charge in [-0.15, -0.1) is 0 Å². The van der Waals surface area contributed by atoms with E-state index in [9.17, 15) is 18.4 Å². The molecule has 0 saturated heterocycles. The number of hydrogen-bond acceptors (Lipinski definition) is 4. The molecule has 29 heavy (non-hydrogen) atoms. The Labute approximate surface area is 178 Å². The van der Waals surface area contributed by atoms with Crippen LogP contribution in [0, 0.1) is 6.92 Å². The van der Waals surface area contributed by atoms with Crippen LogP contribution in [0.3, 0.4) is 0 Å². The molecule has 0 aliphatic carbocycles. The number of thioether (sulfide) groups is 1. The van der Waals surface area contributed by atoms with Crippen molar-refractivity contribution in [2.45, 2.75) is 24.4 Å². The average Bonchev–Trinajstić information content (AvgIpc) is 2.99. The lowest BCUT2D eigenvalue weighted by Gasteiger charge is -2.11. The number of anilines is 1. The molecule has 0 saturated carbocycles. The molecule has 0 aliphatic heterocycles. The first kappa shape index (κ1) is 21.3. The van der Waals surface area contributed by atoms with Crippen molar-refractivity contribution in [2.75, 3.05) is 11.9 Å². The highest BCUT2D eigenvalue weighted by Crippen LogP contribution is 2.28. The Bertz CT molecular complexity index is 1060. The summed E-state index contributed by atoms with van der Waals surface area (Å²) in [6, 6.07) is 12.3. The fourth-order valence-corrected chi connectivity index (χ4v) is 3.79. The number of hydrogen-bond donors (Lipinski definition) is 2. The van der Waals surface area contributed by atoms with Gasteiger partial charge in [-0.3, -0.25) is 9.59 Å². The van der Waals surface area contributed by atoms with Gasteiger partial charge in [0.15, 0.2) is 5.16 Å². The smallest absolute Gasteiger partial charge is 0.291 e. The normalized spacial score (nSPS) is 11.1. The summed E-state index contributed by atoms with van der Waals surface area (Å²) in [5, 5.41) is 5.28. The number of aromatic nitrogens is 2. The van der Waals surface area contributed by atoms with Gasteiger partial charge in [0, 0.05) is 10.2 Å². The topological polar surface area (TPSA) is 76.0 Å². The van der Waals surface area contributed by atoms with Gasteiger partial charge in [-0.05, 0) is 54.6 Å². The van der Waals surface area contributed by atoms with Gasteiger partial charge in [0.1, 0.15) is 6.54 Å². The molecule has 10 heteroatoms. The fourth-order valence-electron chi connectivity index (χ4n) is 2.72. The van der Waals surface area contributed by atoms with E-state index in [4.69, 9.17) is 0 Å². The second-order valence-electron chi connectivity index (χ2n) is 6.13. The average molecular weight is 483 g/mol. The van der Waals surface area contributed by atoms with Crippen molar-refractivity contribution >= 4 is 56.2 Å². The zero-order valence-corrected chi connectivity index (χ0v) is 17.7. The summed E-state index contributed by atoms with van der Waals surface area (Å²) >= 11 is 3.63. The standard InChI is InChI=1S/C19H17BrF2N4O2S/c1-11-8-12(20)6-7-13(11)24-16(27)9-23-17(28)10-26-15-5-3-2-4-14(15)25-19(26)29-18(21)22/h2-8,18H,9-10H2,1H3,(H,23,28)(H,24,27). The Morgan fingerprint density at radius 3 is 2.69 bits per heavy atom. The molecule has 2 aromatic carbocycles. The summed E-state index contributed by atoms with van der Waals surface area (Å²) in [6.45, 7) is 1.39. The molecule has 1 aromatic heterocycles. The van der Waals surface area contributed by atoms with Crippen LogP contribution in [0.2, 0.25) is 0 Å². The predicted octanol–water partition coefficient (Wildman–Crippen LogP) is 4.18. The van der Waals surface area contributed by atoms with E-state index in [1.54, 1.807) is 36.4 Å². The SMILES string of the molecule is Cc1cc(Br)ccc1NC(=O)CNC(=O)Cn1c(SC(F)F)nc2ccccc21. The fraction of sp³-hybridized carbons (Fsp3) is 0.211. The largest absolute Gasteiger partial charge is 0.345 e. The predicted molar refractivity (Wildman–Crippen MR) is 112 cm³/mol. The highest BCUT2D eigenvalue weighted by Gasteiger charge is 2.18. The first-order valence-corrected chi connectivity index (χ1v) is 10.2. The molecule has 2 amide bonds. The van der Waals surface area contributed by atoms with Crippen molar-refractivity contribution in [3.05, 3.63) is 52.5 Å². The van der Waals surface area contributed by atoms with E-state index in [0.717, 1.165) is 10.0 Å². The van der Waals surface area contributed by atoms with Crippen LogP contribution in [0.15, 0.2) is 52.1 Å². The second-order valence-corrected chi connectivity index (χ2v) is 8.00. The maximum Gasteiger partial charge on any atom is 0.291 e. The van der Waals surface area contributed by atoms with Crippen LogP contribution >= 0.6 is 27.7 Å². The third kappa shape index (κ3) is 5.54. The van der Waals surface area contributed by atoms with Crippen molar-refractivity contribution < 1.29 is 18.4 Å². The Morgan fingerprint density at radius 1 is 1.21 bits per heavy atom. The monoisotopic (exact) mass is 482 g/mol. The number of carbonyl (C=O) groups excluding carboxylic acids is 2. The Morgan fingerprint density at radius 2 is 1.97 bits per heavy atom. The number of nitrogens with zero attached hydrogens (tertiary/aromatic N) is 2. The molecule has 0 radical (unpaired) electrons.